The largest absolute Gasteiger partial charge is 0.388 e. The lowest BCUT2D eigenvalue weighted by Gasteiger charge is -2.11. The lowest BCUT2D eigenvalue weighted by molar-refractivity contribution is -0.385. The third kappa shape index (κ3) is 4.17. The van der Waals surface area contributed by atoms with Crippen molar-refractivity contribution in [3.63, 3.8) is 0 Å². The molecule has 0 aliphatic carbocycles. The normalized spacial score (nSPS) is 11.9. The van der Waals surface area contributed by atoms with Crippen LogP contribution >= 0.6 is 0 Å². The lowest BCUT2D eigenvalue weighted by atomic mass is 10.1. The average Bonchev–Trinajstić information content (AvgIpc) is 3.00. The molecule has 1 amide bonds. The van der Waals surface area contributed by atoms with Gasteiger partial charge in [-0.15, -0.1) is 0 Å². The van der Waals surface area contributed by atoms with Gasteiger partial charge in [0.2, 0.25) is 5.69 Å². The van der Waals surface area contributed by atoms with Crippen molar-refractivity contribution >= 4 is 11.6 Å². The molecule has 0 saturated carbocycles. The number of carbonyl (C=O) groups excluding carboxylic acids is 1. The number of aromatic nitrogens is 2. The first-order chi connectivity index (χ1) is 11.5. The fourth-order valence-corrected chi connectivity index (χ4v) is 2.40. The molecule has 1 aromatic heterocycles. The van der Waals surface area contributed by atoms with Gasteiger partial charge in [-0.2, -0.15) is 5.10 Å². The van der Waals surface area contributed by atoms with Crippen LogP contribution in [0.3, 0.4) is 0 Å². The van der Waals surface area contributed by atoms with Crippen LogP contribution in [0.2, 0.25) is 0 Å². The molecule has 0 aliphatic heterocycles. The Labute approximate surface area is 139 Å². The maximum atomic E-state index is 12.1. The molecule has 0 saturated heterocycles. The number of H-pyrrole nitrogens is 1. The van der Waals surface area contributed by atoms with Gasteiger partial charge in [-0.25, -0.2) is 0 Å². The predicted octanol–water partition coefficient (Wildman–Crippen LogP) is 2.12. The molecule has 1 aromatic carbocycles. The van der Waals surface area contributed by atoms with Crippen molar-refractivity contribution in [3.8, 4) is 0 Å². The van der Waals surface area contributed by atoms with E-state index < -0.39 is 16.9 Å². The molecule has 24 heavy (non-hydrogen) atoms. The first-order valence-electron chi connectivity index (χ1n) is 7.77. The van der Waals surface area contributed by atoms with E-state index in [1.54, 1.807) is 12.1 Å². The summed E-state index contributed by atoms with van der Waals surface area (Å²) < 4.78 is 0. The molecule has 128 valence electrons. The number of aryl methyl sites for hydroxylation is 1. The molecule has 8 nitrogen and oxygen atoms in total. The van der Waals surface area contributed by atoms with E-state index in [9.17, 15) is 20.0 Å². The highest BCUT2D eigenvalue weighted by Gasteiger charge is 2.28. The van der Waals surface area contributed by atoms with Gasteiger partial charge in [0.25, 0.3) is 5.91 Å². The van der Waals surface area contributed by atoms with E-state index in [1.807, 2.05) is 25.1 Å². The number of carbonyl (C=O) groups is 1. The topological polar surface area (TPSA) is 121 Å². The smallest absolute Gasteiger partial charge is 0.322 e. The minimum atomic E-state index is -0.712. The summed E-state index contributed by atoms with van der Waals surface area (Å²) in [6.07, 6.45) is 0.739. The summed E-state index contributed by atoms with van der Waals surface area (Å²) in [4.78, 5) is 22.7. The van der Waals surface area contributed by atoms with Crippen LogP contribution in [0.1, 0.15) is 47.6 Å². The number of nitrogens with zero attached hydrogens (tertiary/aromatic N) is 2. The number of aliphatic hydroxyl groups is 1. The van der Waals surface area contributed by atoms with E-state index in [1.165, 1.54) is 0 Å². The zero-order valence-corrected chi connectivity index (χ0v) is 13.4. The van der Waals surface area contributed by atoms with Gasteiger partial charge >= 0.3 is 5.69 Å². The van der Waals surface area contributed by atoms with Crippen molar-refractivity contribution in [3.05, 3.63) is 57.4 Å². The van der Waals surface area contributed by atoms with Gasteiger partial charge in [-0.3, -0.25) is 20.0 Å². The van der Waals surface area contributed by atoms with Crippen LogP contribution in [0.25, 0.3) is 0 Å². The molecule has 1 heterocycles. The van der Waals surface area contributed by atoms with E-state index >= 15 is 0 Å². The number of hydrogen-bond donors (Lipinski definition) is 3. The molecule has 0 aliphatic rings. The third-order valence-electron chi connectivity index (χ3n) is 3.60. The average molecular weight is 332 g/mol. The Morgan fingerprint density at radius 2 is 2.12 bits per heavy atom. The number of hydrogen-bond acceptors (Lipinski definition) is 5. The highest BCUT2D eigenvalue weighted by molar-refractivity contribution is 5.96. The summed E-state index contributed by atoms with van der Waals surface area (Å²) >= 11 is 0. The first-order valence-corrected chi connectivity index (χ1v) is 7.77. The maximum absolute atomic E-state index is 12.1. The Hall–Kier alpha value is -2.74. The molecule has 0 spiro atoms. The quantitative estimate of drug-likeness (QED) is 0.505. The van der Waals surface area contributed by atoms with Gasteiger partial charge in [-0.05, 0) is 18.4 Å². The zero-order chi connectivity index (χ0) is 17.5. The number of nitrogens with one attached hydrogen (secondary N) is 2. The van der Waals surface area contributed by atoms with Gasteiger partial charge in [-0.1, -0.05) is 43.7 Å². The van der Waals surface area contributed by atoms with Gasteiger partial charge in [0.15, 0.2) is 0 Å². The second kappa shape index (κ2) is 8.21. The number of aromatic amines is 1. The summed E-state index contributed by atoms with van der Waals surface area (Å²) in [6, 6.07) is 9.08. The fraction of sp³-hybridized carbons (Fsp3) is 0.375. The highest BCUT2D eigenvalue weighted by atomic mass is 16.6. The van der Waals surface area contributed by atoms with Gasteiger partial charge in [0.05, 0.1) is 11.0 Å². The number of rotatable bonds is 8. The Bertz CT molecular complexity index is 699. The van der Waals surface area contributed by atoms with Crippen molar-refractivity contribution in [1.29, 1.82) is 0 Å². The van der Waals surface area contributed by atoms with Crippen LogP contribution < -0.4 is 5.32 Å². The van der Waals surface area contributed by atoms with Crippen molar-refractivity contribution in [1.82, 2.24) is 15.5 Å². The van der Waals surface area contributed by atoms with Crippen molar-refractivity contribution in [2.45, 2.75) is 32.3 Å². The molecule has 0 unspecified atom stereocenters. The van der Waals surface area contributed by atoms with Crippen molar-refractivity contribution in [2.24, 2.45) is 0 Å². The SMILES string of the molecule is CCCc1[nH]nc(C(=O)NCC[C@@H](O)c2ccccc2)c1[N+](=O)[O-]. The number of aliphatic hydroxyl groups excluding tert-OH is 1. The van der Waals surface area contributed by atoms with E-state index in [0.29, 0.717) is 25.0 Å². The summed E-state index contributed by atoms with van der Waals surface area (Å²) in [5, 5.41) is 30.1. The molecule has 0 bridgehead atoms. The fourth-order valence-electron chi connectivity index (χ4n) is 2.40. The standard InChI is InChI=1S/C16H20N4O4/c1-2-6-12-15(20(23)24)14(19-18-12)16(22)17-10-9-13(21)11-7-4-3-5-8-11/h3-5,7-8,13,21H,2,6,9-10H2,1H3,(H,17,22)(H,18,19)/t13-/m1/s1. The van der Waals surface area contributed by atoms with Crippen LogP contribution in [0.15, 0.2) is 30.3 Å². The monoisotopic (exact) mass is 332 g/mol. The van der Waals surface area contributed by atoms with Crippen LogP contribution in [-0.2, 0) is 6.42 Å². The Balaban J connectivity index is 1.97. The maximum Gasteiger partial charge on any atom is 0.322 e. The number of amides is 1. The zero-order valence-electron chi connectivity index (χ0n) is 13.4. The van der Waals surface area contributed by atoms with Crippen LogP contribution in [-0.4, -0.2) is 32.7 Å². The second-order valence-electron chi connectivity index (χ2n) is 5.38. The van der Waals surface area contributed by atoms with Crippen LogP contribution in [0.5, 0.6) is 0 Å². The van der Waals surface area contributed by atoms with E-state index in [4.69, 9.17) is 0 Å². The van der Waals surface area contributed by atoms with Crippen molar-refractivity contribution in [2.75, 3.05) is 6.54 Å². The van der Waals surface area contributed by atoms with Gasteiger partial charge < -0.3 is 10.4 Å². The lowest BCUT2D eigenvalue weighted by Crippen LogP contribution is -2.26. The van der Waals surface area contributed by atoms with Gasteiger partial charge in [0, 0.05) is 6.54 Å². The third-order valence-corrected chi connectivity index (χ3v) is 3.60. The minimum absolute atomic E-state index is 0.183. The molecule has 8 heteroatoms. The predicted molar refractivity (Wildman–Crippen MR) is 87.6 cm³/mol. The Morgan fingerprint density at radius 3 is 2.75 bits per heavy atom. The molecule has 0 fully saturated rings. The Morgan fingerprint density at radius 1 is 1.42 bits per heavy atom. The number of nitro groups is 1. The summed E-state index contributed by atoms with van der Waals surface area (Å²) in [5.41, 5.74) is 0.593. The molecule has 2 rings (SSSR count). The van der Waals surface area contributed by atoms with Crippen molar-refractivity contribution < 1.29 is 14.8 Å². The van der Waals surface area contributed by atoms with Gasteiger partial charge in [0.1, 0.15) is 5.69 Å². The van der Waals surface area contributed by atoms with Crippen LogP contribution in [0.4, 0.5) is 5.69 Å². The van der Waals surface area contributed by atoms with E-state index in [-0.39, 0.29) is 17.9 Å². The van der Waals surface area contributed by atoms with Crippen LogP contribution in [0, 0.1) is 10.1 Å². The highest BCUT2D eigenvalue weighted by Crippen LogP contribution is 2.22. The summed E-state index contributed by atoms with van der Waals surface area (Å²) in [6.45, 7) is 2.07. The molecular weight excluding hydrogens is 312 g/mol. The van der Waals surface area contributed by atoms with E-state index in [0.717, 1.165) is 5.56 Å². The summed E-state index contributed by atoms with van der Waals surface area (Å²) in [5.74, 6) is -0.624. The first kappa shape index (κ1) is 17.6. The van der Waals surface area contributed by atoms with E-state index in [2.05, 4.69) is 15.5 Å². The second-order valence-corrected chi connectivity index (χ2v) is 5.38. The summed E-state index contributed by atoms with van der Waals surface area (Å²) in [7, 11) is 0. The molecular formula is C16H20N4O4. The molecule has 1 atom stereocenters. The Kier molecular flexibility index (Phi) is 6.02. The molecule has 3 N–H and O–H groups in total. The number of benzene rings is 1. The molecule has 2 aromatic rings. The minimum Gasteiger partial charge on any atom is -0.388 e. The molecule has 0 radical (unpaired) electrons.